The number of hydrogen-bond donors (Lipinski definition) is 1. The maximum atomic E-state index is 5.68. The van der Waals surface area contributed by atoms with Crippen LogP contribution in [0.5, 0.6) is 0 Å². The average molecular weight is 271 g/mol. The fourth-order valence-corrected chi connectivity index (χ4v) is 1.84. The first kappa shape index (κ1) is 12.1. The summed E-state index contributed by atoms with van der Waals surface area (Å²) in [5.41, 5.74) is 3.65. The van der Waals surface area contributed by atoms with Crippen molar-refractivity contribution in [3.8, 4) is 0 Å². The van der Waals surface area contributed by atoms with Crippen molar-refractivity contribution in [3.05, 3.63) is 30.3 Å². The van der Waals surface area contributed by atoms with E-state index in [4.69, 9.17) is 38.1 Å². The van der Waals surface area contributed by atoms with E-state index < -0.39 is 6.00 Å². The van der Waals surface area contributed by atoms with Crippen molar-refractivity contribution >= 4 is 44.9 Å². The third-order valence-corrected chi connectivity index (χ3v) is 3.92. The Balaban J connectivity index is 2.17. The van der Waals surface area contributed by atoms with E-state index in [-0.39, 0.29) is 0 Å². The maximum absolute atomic E-state index is 5.68. The van der Waals surface area contributed by atoms with Gasteiger partial charge in [-0.15, -0.1) is 33.2 Å². The van der Waals surface area contributed by atoms with Gasteiger partial charge in [-0.3, -0.25) is 10.3 Å². The van der Waals surface area contributed by atoms with E-state index in [9.17, 15) is 0 Å². The van der Waals surface area contributed by atoms with Crippen LogP contribution in [0.15, 0.2) is 30.3 Å². The highest BCUT2D eigenvalue weighted by atomic mass is 35.8. The third kappa shape index (κ3) is 5.73. The lowest BCUT2D eigenvalue weighted by molar-refractivity contribution is 0.210. The molecule has 0 aliphatic heterocycles. The lowest BCUT2D eigenvalue weighted by atomic mass is 10.3. The monoisotopic (exact) mass is 269 g/mol. The van der Waals surface area contributed by atoms with Gasteiger partial charge in [-0.25, -0.2) is 0 Å². The molecule has 0 aromatic heterocycles. The zero-order valence-corrected chi connectivity index (χ0v) is 10.6. The van der Waals surface area contributed by atoms with Crippen molar-refractivity contribution in [2.24, 2.45) is 0 Å². The fourth-order valence-electron chi connectivity index (χ4n) is 0.807. The molecule has 0 bridgehead atoms. The Hall–Kier alpha value is 0.0669. The molecule has 0 atom stereocenters. The van der Waals surface area contributed by atoms with Crippen LogP contribution in [0.4, 0.5) is 5.69 Å². The Kier molecular flexibility index (Phi) is 5.05. The summed E-state index contributed by atoms with van der Waals surface area (Å²) in [7, 11) is 0. The van der Waals surface area contributed by atoms with Crippen LogP contribution >= 0.6 is 33.2 Å². The fraction of sp³-hybridized carbons (Fsp3) is 0.250. The molecule has 1 N–H and O–H groups in total. The summed E-state index contributed by atoms with van der Waals surface area (Å²) >= 11 is 17.0. The first-order valence-corrected chi connectivity index (χ1v) is 9.32. The molecule has 0 fully saturated rings. The van der Waals surface area contributed by atoms with Gasteiger partial charge in [-0.2, -0.15) is 0 Å². The number of nitrogens with one attached hydrogen (secondary N) is 1. The highest BCUT2D eigenvalue weighted by Crippen LogP contribution is 2.24. The minimum absolute atomic E-state index is 0.400. The van der Waals surface area contributed by atoms with Crippen LogP contribution < -0.4 is 5.48 Å². The van der Waals surface area contributed by atoms with Gasteiger partial charge in [-0.1, -0.05) is 18.2 Å². The summed E-state index contributed by atoms with van der Waals surface area (Å²) in [4.78, 5) is 5.13. The third-order valence-electron chi connectivity index (χ3n) is 1.45. The quantitative estimate of drug-likeness (QED) is 0.381. The van der Waals surface area contributed by atoms with E-state index >= 15 is 0 Å². The van der Waals surface area contributed by atoms with Crippen LogP contribution in [-0.4, -0.2) is 12.6 Å². The highest BCUT2D eigenvalue weighted by molar-refractivity contribution is 7.64. The highest BCUT2D eigenvalue weighted by Gasteiger charge is 2.24. The number of para-hydroxylation sites is 1. The molecule has 0 unspecified atom stereocenters. The second kappa shape index (κ2) is 5.83. The van der Waals surface area contributed by atoms with Crippen molar-refractivity contribution in [1.82, 2.24) is 0 Å². The molecular formula is C8H10Cl3NOSi. The summed E-state index contributed by atoms with van der Waals surface area (Å²) < 4.78 is 0. The first-order chi connectivity index (χ1) is 6.58. The smallest absolute Gasteiger partial charge is 0.276 e. The molecule has 0 saturated carbocycles. The van der Waals surface area contributed by atoms with E-state index in [2.05, 4.69) is 5.48 Å². The molecule has 1 aromatic rings. The van der Waals surface area contributed by atoms with Gasteiger partial charge in [0.25, 0.3) is 0 Å². The molecular weight excluding hydrogens is 261 g/mol. The van der Waals surface area contributed by atoms with Gasteiger partial charge in [0.2, 0.25) is 0 Å². The number of anilines is 1. The first-order valence-electron chi connectivity index (χ1n) is 4.07. The largest absolute Gasteiger partial charge is 0.343 e. The second-order valence-corrected chi connectivity index (χ2v) is 12.0. The van der Waals surface area contributed by atoms with Crippen molar-refractivity contribution in [2.45, 2.75) is 6.04 Å². The molecule has 0 heterocycles. The summed E-state index contributed by atoms with van der Waals surface area (Å²) in [6.45, 7) is 0.400. The van der Waals surface area contributed by atoms with Crippen LogP contribution in [0.25, 0.3) is 0 Å². The van der Waals surface area contributed by atoms with Gasteiger partial charge in [0, 0.05) is 6.04 Å². The molecule has 0 aliphatic carbocycles. The summed E-state index contributed by atoms with van der Waals surface area (Å²) in [5.74, 6) is 0. The van der Waals surface area contributed by atoms with Crippen molar-refractivity contribution in [1.29, 1.82) is 0 Å². The lowest BCUT2D eigenvalue weighted by Gasteiger charge is -2.09. The molecule has 0 amide bonds. The lowest BCUT2D eigenvalue weighted by Crippen LogP contribution is -2.14. The number of rotatable bonds is 5. The van der Waals surface area contributed by atoms with E-state index in [1.165, 1.54) is 0 Å². The minimum atomic E-state index is -2.54. The second-order valence-electron chi connectivity index (χ2n) is 2.68. The summed E-state index contributed by atoms with van der Waals surface area (Å²) in [5, 5.41) is 0. The molecule has 1 aromatic carbocycles. The molecule has 0 saturated heterocycles. The van der Waals surface area contributed by atoms with Crippen molar-refractivity contribution in [2.75, 3.05) is 12.1 Å². The number of benzene rings is 1. The van der Waals surface area contributed by atoms with Gasteiger partial charge in [0.05, 0.1) is 12.3 Å². The summed E-state index contributed by atoms with van der Waals surface area (Å²) in [6, 6.07) is 7.49. The van der Waals surface area contributed by atoms with E-state index in [0.29, 0.717) is 12.7 Å². The van der Waals surface area contributed by atoms with Crippen molar-refractivity contribution < 1.29 is 4.84 Å². The van der Waals surface area contributed by atoms with E-state index in [1.54, 1.807) is 0 Å². The predicted octanol–water partition coefficient (Wildman–Crippen LogP) is 3.69. The average Bonchev–Trinajstić information content (AvgIpc) is 2.13. The maximum Gasteiger partial charge on any atom is 0.343 e. The van der Waals surface area contributed by atoms with Crippen molar-refractivity contribution in [3.63, 3.8) is 0 Å². The van der Waals surface area contributed by atoms with Gasteiger partial charge in [0.1, 0.15) is 0 Å². The SMILES string of the molecule is Cl[Si](Cl)(Cl)CCONc1ccccc1. The molecule has 2 nitrogen and oxygen atoms in total. The number of hydrogen-bond acceptors (Lipinski definition) is 2. The Bertz CT molecular complexity index is 265. The predicted molar refractivity (Wildman–Crippen MR) is 64.1 cm³/mol. The normalized spacial score (nSPS) is 11.4. The van der Waals surface area contributed by atoms with Gasteiger partial charge < -0.3 is 0 Å². The standard InChI is InChI=1S/C8H10Cl3NOSi/c9-14(10,11)7-6-13-12-8-4-2-1-3-5-8/h1-5,12H,6-7H2. The molecule has 6 heteroatoms. The van der Waals surface area contributed by atoms with Crippen LogP contribution in [0, 0.1) is 0 Å². The van der Waals surface area contributed by atoms with Gasteiger partial charge in [-0.05, 0) is 12.1 Å². The molecule has 78 valence electrons. The summed E-state index contributed by atoms with van der Waals surface area (Å²) in [6.07, 6.45) is 0. The van der Waals surface area contributed by atoms with Crippen LogP contribution in [0.2, 0.25) is 6.04 Å². The zero-order chi connectivity index (χ0) is 10.4. The molecule has 0 spiro atoms. The Morgan fingerprint density at radius 2 is 1.79 bits per heavy atom. The zero-order valence-electron chi connectivity index (χ0n) is 7.34. The molecule has 14 heavy (non-hydrogen) atoms. The Labute approximate surface area is 98.2 Å². The number of halogens is 3. The van der Waals surface area contributed by atoms with Crippen LogP contribution in [-0.2, 0) is 4.84 Å². The minimum Gasteiger partial charge on any atom is -0.276 e. The van der Waals surface area contributed by atoms with Gasteiger partial charge >= 0.3 is 6.00 Å². The molecule has 0 radical (unpaired) electrons. The topological polar surface area (TPSA) is 21.3 Å². The molecule has 1 rings (SSSR count). The van der Waals surface area contributed by atoms with Crippen LogP contribution in [0.1, 0.15) is 0 Å². The Morgan fingerprint density at radius 3 is 2.36 bits per heavy atom. The van der Waals surface area contributed by atoms with E-state index in [1.807, 2.05) is 30.3 Å². The molecule has 0 aliphatic rings. The Morgan fingerprint density at radius 1 is 1.14 bits per heavy atom. The van der Waals surface area contributed by atoms with E-state index in [0.717, 1.165) is 5.69 Å². The van der Waals surface area contributed by atoms with Crippen LogP contribution in [0.3, 0.4) is 0 Å². The van der Waals surface area contributed by atoms with Gasteiger partial charge in [0.15, 0.2) is 0 Å².